The molecule has 0 radical (unpaired) electrons. The molecule has 0 aliphatic carbocycles. The number of hydrogen-bond donors (Lipinski definition) is 2. The Balaban J connectivity index is 2.41. The molecular weight excluding hydrogens is 378 g/mol. The summed E-state index contributed by atoms with van der Waals surface area (Å²) in [4.78, 5) is 12.1. The first-order valence-electron chi connectivity index (χ1n) is 5.96. The van der Waals surface area contributed by atoms with Crippen LogP contribution in [-0.2, 0) is 6.18 Å². The first-order valence-corrected chi connectivity index (χ1v) is 7.09. The van der Waals surface area contributed by atoms with E-state index >= 15 is 0 Å². The van der Waals surface area contributed by atoms with E-state index in [4.69, 9.17) is 34.8 Å². The van der Waals surface area contributed by atoms with Crippen molar-refractivity contribution in [3.63, 3.8) is 0 Å². The molecule has 0 aromatic heterocycles. The molecule has 122 valence electrons. The van der Waals surface area contributed by atoms with E-state index < -0.39 is 27.7 Å². The van der Waals surface area contributed by atoms with Crippen LogP contribution >= 0.6 is 34.8 Å². The third kappa shape index (κ3) is 3.83. The van der Waals surface area contributed by atoms with Gasteiger partial charge in [0.15, 0.2) is 0 Å². The second-order valence-electron chi connectivity index (χ2n) is 4.40. The van der Waals surface area contributed by atoms with Gasteiger partial charge in [-0.15, -0.1) is 0 Å². The van der Waals surface area contributed by atoms with Crippen molar-refractivity contribution in [3.05, 3.63) is 56.5 Å². The number of anilines is 1. The fourth-order valence-electron chi connectivity index (χ4n) is 1.79. The molecule has 0 bridgehead atoms. The van der Waals surface area contributed by atoms with Gasteiger partial charge in [-0.25, -0.2) is 0 Å². The highest BCUT2D eigenvalue weighted by Gasteiger charge is 2.37. The Morgan fingerprint density at radius 1 is 1.09 bits per heavy atom. The number of amides is 1. The lowest BCUT2D eigenvalue weighted by Crippen LogP contribution is -2.14. The van der Waals surface area contributed by atoms with Gasteiger partial charge in [-0.05, 0) is 30.3 Å². The van der Waals surface area contributed by atoms with E-state index in [9.17, 15) is 23.1 Å². The number of carbonyl (C=O) groups excluding carboxylic acids is 1. The minimum atomic E-state index is -4.78. The van der Waals surface area contributed by atoms with Gasteiger partial charge in [0.2, 0.25) is 0 Å². The maximum absolute atomic E-state index is 12.9. The standard InChI is InChI=1S/C14H7Cl3F3NO2/c15-6-1-4-10(22)7(5-6)13(23)21-9-3-2-8(16)11(12(9)17)14(18,19)20/h1-5,22H,(H,21,23). The quantitative estimate of drug-likeness (QED) is 0.705. The van der Waals surface area contributed by atoms with Crippen molar-refractivity contribution in [1.29, 1.82) is 0 Å². The number of hydrogen-bond acceptors (Lipinski definition) is 2. The van der Waals surface area contributed by atoms with Crippen LogP contribution < -0.4 is 5.32 Å². The monoisotopic (exact) mass is 383 g/mol. The first-order chi connectivity index (χ1) is 10.6. The van der Waals surface area contributed by atoms with Crippen molar-refractivity contribution < 1.29 is 23.1 Å². The van der Waals surface area contributed by atoms with Gasteiger partial charge in [0.25, 0.3) is 5.91 Å². The predicted molar refractivity (Wildman–Crippen MR) is 82.5 cm³/mol. The summed E-state index contributed by atoms with van der Waals surface area (Å²) in [6.45, 7) is 0. The summed E-state index contributed by atoms with van der Waals surface area (Å²) in [6.07, 6.45) is -4.78. The highest BCUT2D eigenvalue weighted by atomic mass is 35.5. The van der Waals surface area contributed by atoms with Crippen LogP contribution in [0.25, 0.3) is 0 Å². The van der Waals surface area contributed by atoms with E-state index in [0.717, 1.165) is 12.1 Å². The molecule has 3 nitrogen and oxygen atoms in total. The Morgan fingerprint density at radius 3 is 2.35 bits per heavy atom. The minimum absolute atomic E-state index is 0.172. The van der Waals surface area contributed by atoms with Crippen LogP contribution in [0, 0.1) is 0 Å². The van der Waals surface area contributed by atoms with Gasteiger partial charge in [-0.3, -0.25) is 4.79 Å². The highest BCUT2D eigenvalue weighted by Crippen LogP contribution is 2.42. The molecule has 0 saturated carbocycles. The summed E-state index contributed by atoms with van der Waals surface area (Å²) in [7, 11) is 0. The molecule has 0 heterocycles. The largest absolute Gasteiger partial charge is 0.507 e. The molecule has 2 aromatic carbocycles. The molecule has 2 rings (SSSR count). The van der Waals surface area contributed by atoms with E-state index in [1.54, 1.807) is 0 Å². The summed E-state index contributed by atoms with van der Waals surface area (Å²) in [5, 5.41) is 10.6. The average molecular weight is 385 g/mol. The molecule has 0 saturated heterocycles. The fraction of sp³-hybridized carbons (Fsp3) is 0.0714. The number of carbonyl (C=O) groups is 1. The van der Waals surface area contributed by atoms with E-state index in [0.29, 0.717) is 0 Å². The van der Waals surface area contributed by atoms with Gasteiger partial charge in [0.05, 0.1) is 26.9 Å². The number of phenols is 1. The number of benzene rings is 2. The average Bonchev–Trinajstić information content (AvgIpc) is 2.43. The van der Waals surface area contributed by atoms with Crippen LogP contribution in [0.15, 0.2) is 30.3 Å². The third-order valence-corrected chi connectivity index (χ3v) is 3.77. The molecule has 9 heteroatoms. The number of rotatable bonds is 2. The number of nitrogens with one attached hydrogen (secondary N) is 1. The minimum Gasteiger partial charge on any atom is -0.507 e. The van der Waals surface area contributed by atoms with Crippen molar-refractivity contribution in [2.75, 3.05) is 5.32 Å². The fourth-order valence-corrected chi connectivity index (χ4v) is 2.59. The zero-order chi connectivity index (χ0) is 17.4. The van der Waals surface area contributed by atoms with Crippen LogP contribution in [0.5, 0.6) is 5.75 Å². The molecule has 2 aromatic rings. The van der Waals surface area contributed by atoms with Crippen LogP contribution in [0.3, 0.4) is 0 Å². The van der Waals surface area contributed by atoms with E-state index in [1.165, 1.54) is 18.2 Å². The second-order valence-corrected chi connectivity index (χ2v) is 5.62. The van der Waals surface area contributed by atoms with Crippen LogP contribution in [0.1, 0.15) is 15.9 Å². The Labute approximate surface area is 143 Å². The van der Waals surface area contributed by atoms with Crippen molar-refractivity contribution in [2.24, 2.45) is 0 Å². The number of alkyl halides is 3. The lowest BCUT2D eigenvalue weighted by atomic mass is 10.1. The van der Waals surface area contributed by atoms with Crippen LogP contribution in [0.2, 0.25) is 15.1 Å². The van der Waals surface area contributed by atoms with Crippen LogP contribution in [0.4, 0.5) is 18.9 Å². The van der Waals surface area contributed by atoms with Crippen molar-refractivity contribution in [3.8, 4) is 5.75 Å². The van der Waals surface area contributed by atoms with Crippen molar-refractivity contribution in [2.45, 2.75) is 6.18 Å². The molecule has 0 unspecified atom stereocenters. The van der Waals surface area contributed by atoms with Gasteiger partial charge in [0, 0.05) is 5.02 Å². The zero-order valence-electron chi connectivity index (χ0n) is 11.0. The zero-order valence-corrected chi connectivity index (χ0v) is 13.3. The molecule has 2 N–H and O–H groups in total. The molecule has 1 amide bonds. The summed E-state index contributed by atoms with van der Waals surface area (Å²) in [5.41, 5.74) is -1.77. The van der Waals surface area contributed by atoms with Gasteiger partial charge >= 0.3 is 6.18 Å². The van der Waals surface area contributed by atoms with Gasteiger partial charge in [-0.2, -0.15) is 13.2 Å². The summed E-state index contributed by atoms with van der Waals surface area (Å²) < 4.78 is 38.8. The van der Waals surface area contributed by atoms with Crippen LogP contribution in [-0.4, -0.2) is 11.0 Å². The van der Waals surface area contributed by atoms with E-state index in [2.05, 4.69) is 5.32 Å². The molecule has 0 aliphatic heterocycles. The van der Waals surface area contributed by atoms with E-state index in [1.807, 2.05) is 0 Å². The smallest absolute Gasteiger partial charge is 0.419 e. The Bertz CT molecular complexity index is 779. The maximum Gasteiger partial charge on any atom is 0.419 e. The summed E-state index contributed by atoms with van der Waals surface area (Å²) in [6, 6.07) is 5.79. The molecular formula is C14H7Cl3F3NO2. The lowest BCUT2D eigenvalue weighted by molar-refractivity contribution is -0.137. The highest BCUT2D eigenvalue weighted by molar-refractivity contribution is 6.38. The van der Waals surface area contributed by atoms with Crippen molar-refractivity contribution in [1.82, 2.24) is 0 Å². The lowest BCUT2D eigenvalue weighted by Gasteiger charge is -2.15. The second kappa shape index (κ2) is 6.47. The Kier molecular flexibility index (Phi) is 4.98. The topological polar surface area (TPSA) is 49.3 Å². The number of phenolic OH excluding ortho intramolecular Hbond substituents is 1. The van der Waals surface area contributed by atoms with E-state index in [-0.39, 0.29) is 22.0 Å². The molecule has 23 heavy (non-hydrogen) atoms. The predicted octanol–water partition coefficient (Wildman–Crippen LogP) is 5.62. The Morgan fingerprint density at radius 2 is 1.74 bits per heavy atom. The van der Waals surface area contributed by atoms with Crippen molar-refractivity contribution >= 4 is 46.4 Å². The molecule has 0 atom stereocenters. The maximum atomic E-state index is 12.9. The number of halogens is 6. The number of aromatic hydroxyl groups is 1. The molecule has 0 fully saturated rings. The van der Waals surface area contributed by atoms with Gasteiger partial charge < -0.3 is 10.4 Å². The molecule has 0 spiro atoms. The SMILES string of the molecule is O=C(Nc1ccc(Cl)c(C(F)(F)F)c1Cl)c1cc(Cl)ccc1O. The van der Waals surface area contributed by atoms with Gasteiger partial charge in [0.1, 0.15) is 5.75 Å². The van der Waals surface area contributed by atoms with Gasteiger partial charge in [-0.1, -0.05) is 34.8 Å². The molecule has 0 aliphatic rings. The summed E-state index contributed by atoms with van der Waals surface area (Å²) >= 11 is 16.9. The first kappa shape index (κ1) is 17.7. The normalized spacial score (nSPS) is 11.4. The third-order valence-electron chi connectivity index (χ3n) is 2.83. The Hall–Kier alpha value is -1.63. The summed E-state index contributed by atoms with van der Waals surface area (Å²) in [5.74, 6) is -1.25.